The van der Waals surface area contributed by atoms with Gasteiger partial charge in [0.2, 0.25) is 11.8 Å². The van der Waals surface area contributed by atoms with Crippen molar-refractivity contribution in [1.82, 2.24) is 20.4 Å². The van der Waals surface area contributed by atoms with Crippen molar-refractivity contribution in [2.45, 2.75) is 276 Å². The van der Waals surface area contributed by atoms with Gasteiger partial charge in [0.1, 0.15) is 12.1 Å². The van der Waals surface area contributed by atoms with E-state index in [4.69, 9.17) is 0 Å². The Balaban J connectivity index is 2.47. The fraction of sp³-hybridized carbons (Fsp3) is 0.961. The topological polar surface area (TPSA) is 146 Å². The van der Waals surface area contributed by atoms with Gasteiger partial charge in [0.05, 0.1) is 24.4 Å². The summed E-state index contributed by atoms with van der Waals surface area (Å²) in [7, 11) is 0. The minimum Gasteiger partial charge on any atom is -0.392 e. The zero-order chi connectivity index (χ0) is 44.8. The summed E-state index contributed by atoms with van der Waals surface area (Å²) < 4.78 is 0. The van der Waals surface area contributed by atoms with Crippen LogP contribution in [-0.4, -0.2) is 118 Å². The van der Waals surface area contributed by atoms with Crippen LogP contribution in [0.15, 0.2) is 0 Å². The van der Waals surface area contributed by atoms with Gasteiger partial charge in [-0.05, 0) is 77.8 Å². The highest BCUT2D eigenvalue weighted by Crippen LogP contribution is 2.17. The molecule has 1 aliphatic heterocycles. The molecule has 0 aromatic heterocycles. The zero-order valence-electron chi connectivity index (χ0n) is 40.5. The Morgan fingerprint density at radius 2 is 0.689 bits per heavy atom. The molecule has 6 N–H and O–H groups in total. The molecule has 0 aliphatic carbocycles. The van der Waals surface area contributed by atoms with Crippen LogP contribution in [-0.2, 0) is 9.59 Å². The van der Waals surface area contributed by atoms with Crippen molar-refractivity contribution in [2.75, 3.05) is 39.3 Å². The minimum atomic E-state index is -0.540. The third kappa shape index (κ3) is 33.8. The summed E-state index contributed by atoms with van der Waals surface area (Å²) in [6.45, 7) is 12.2. The summed E-state index contributed by atoms with van der Waals surface area (Å²) in [5.41, 5.74) is 0. The summed E-state index contributed by atoms with van der Waals surface area (Å²) in [4.78, 5) is 30.5. The van der Waals surface area contributed by atoms with Gasteiger partial charge in [-0.1, -0.05) is 175 Å². The average molecular weight is 867 g/mol. The van der Waals surface area contributed by atoms with Gasteiger partial charge in [-0.25, -0.2) is 0 Å². The van der Waals surface area contributed by atoms with Gasteiger partial charge in [0.25, 0.3) is 0 Å². The van der Waals surface area contributed by atoms with Crippen LogP contribution in [0.2, 0.25) is 0 Å². The lowest BCUT2D eigenvalue weighted by molar-refractivity contribution is -0.137. The van der Waals surface area contributed by atoms with E-state index >= 15 is 0 Å². The number of piperazine rings is 1. The number of rotatable bonds is 45. The lowest BCUT2D eigenvalue weighted by Gasteiger charge is -2.31. The third-order valence-corrected chi connectivity index (χ3v) is 12.8. The number of aliphatic hydroxyl groups excluding tert-OH is 4. The maximum absolute atomic E-state index is 13.1. The van der Waals surface area contributed by atoms with Gasteiger partial charge in [0, 0.05) is 26.2 Å². The summed E-state index contributed by atoms with van der Waals surface area (Å²) in [6.07, 6.45) is 34.7. The molecule has 0 unspecified atom stereocenters. The molecule has 2 amide bonds. The molecule has 1 aliphatic rings. The molecule has 0 radical (unpaired) electrons. The molecule has 0 spiro atoms. The van der Waals surface area contributed by atoms with Crippen molar-refractivity contribution in [3.63, 3.8) is 0 Å². The maximum atomic E-state index is 13.1. The van der Waals surface area contributed by atoms with E-state index in [1.54, 1.807) is 6.92 Å². The third-order valence-electron chi connectivity index (χ3n) is 12.8. The van der Waals surface area contributed by atoms with E-state index in [1.807, 2.05) is 0 Å². The highest BCUT2D eigenvalue weighted by molar-refractivity contribution is 5.96. The average Bonchev–Trinajstić information content (AvgIpc) is 3.22. The molecular formula is C51H102N4O6. The fourth-order valence-electron chi connectivity index (χ4n) is 9.05. The van der Waals surface area contributed by atoms with Gasteiger partial charge in [-0.15, -0.1) is 0 Å². The first-order chi connectivity index (χ1) is 29.6. The Labute approximate surface area is 376 Å². The number of nitrogens with zero attached hydrogens (tertiary/aromatic N) is 2. The molecule has 1 saturated heterocycles. The van der Waals surface area contributed by atoms with Crippen molar-refractivity contribution >= 4 is 11.8 Å². The molecule has 1 rings (SSSR count). The van der Waals surface area contributed by atoms with Crippen LogP contribution in [0.3, 0.4) is 0 Å². The van der Waals surface area contributed by atoms with E-state index < -0.39 is 36.5 Å². The van der Waals surface area contributed by atoms with Crippen LogP contribution in [0.5, 0.6) is 0 Å². The van der Waals surface area contributed by atoms with Crippen molar-refractivity contribution in [3.05, 3.63) is 0 Å². The van der Waals surface area contributed by atoms with E-state index in [9.17, 15) is 30.0 Å². The van der Waals surface area contributed by atoms with Crippen LogP contribution in [0.1, 0.15) is 240 Å². The highest BCUT2D eigenvalue weighted by atomic mass is 16.3. The van der Waals surface area contributed by atoms with Crippen molar-refractivity contribution < 1.29 is 30.0 Å². The van der Waals surface area contributed by atoms with Crippen LogP contribution >= 0.6 is 0 Å². The molecule has 0 aromatic rings. The number of carbonyl (C=O) groups is 2. The second-order valence-corrected chi connectivity index (χ2v) is 19.2. The normalized spacial score (nSPS) is 17.8. The largest absolute Gasteiger partial charge is 0.392 e. The number of hydrogen-bond acceptors (Lipinski definition) is 8. The van der Waals surface area contributed by atoms with Crippen LogP contribution in [0.4, 0.5) is 0 Å². The van der Waals surface area contributed by atoms with Gasteiger partial charge < -0.3 is 31.1 Å². The monoisotopic (exact) mass is 867 g/mol. The molecule has 1 heterocycles. The molecule has 10 nitrogen and oxygen atoms in total. The van der Waals surface area contributed by atoms with E-state index in [-0.39, 0.29) is 11.8 Å². The van der Waals surface area contributed by atoms with E-state index in [0.717, 1.165) is 96.6 Å². The molecule has 362 valence electrons. The minimum absolute atomic E-state index is 0.122. The molecule has 6 atom stereocenters. The van der Waals surface area contributed by atoms with Crippen molar-refractivity contribution in [3.8, 4) is 0 Å². The Morgan fingerprint density at radius 3 is 0.984 bits per heavy atom. The summed E-state index contributed by atoms with van der Waals surface area (Å²) in [5.74, 6) is -0.246. The maximum Gasteiger partial charge on any atom is 0.243 e. The Hall–Kier alpha value is -1.30. The smallest absolute Gasteiger partial charge is 0.243 e. The molecule has 10 heteroatoms. The number of aliphatic hydroxyl groups is 4. The number of hydrogen-bond donors (Lipinski definition) is 6. The molecule has 1 fully saturated rings. The molecule has 0 bridgehead atoms. The summed E-state index contributed by atoms with van der Waals surface area (Å²) >= 11 is 0. The Kier molecular flexibility index (Phi) is 38.1. The van der Waals surface area contributed by atoms with Crippen LogP contribution in [0.25, 0.3) is 0 Å². The molecular weight excluding hydrogens is 765 g/mol. The second kappa shape index (κ2) is 40.2. The summed E-state index contributed by atoms with van der Waals surface area (Å²) in [6, 6.07) is -1.08. The van der Waals surface area contributed by atoms with Gasteiger partial charge >= 0.3 is 0 Å². The predicted molar refractivity (Wildman–Crippen MR) is 256 cm³/mol. The fourth-order valence-corrected chi connectivity index (χ4v) is 9.05. The number of carbonyl (C=O) groups excluding carboxylic acids is 2. The van der Waals surface area contributed by atoms with Crippen LogP contribution in [0, 0.1) is 0 Å². The second-order valence-electron chi connectivity index (χ2n) is 19.2. The lowest BCUT2D eigenvalue weighted by atomic mass is 10.0. The molecule has 0 saturated carbocycles. The molecule has 61 heavy (non-hydrogen) atoms. The Morgan fingerprint density at radius 1 is 0.410 bits per heavy atom. The number of nitrogens with one attached hydrogen (secondary N) is 2. The van der Waals surface area contributed by atoms with E-state index in [2.05, 4.69) is 41.2 Å². The first kappa shape index (κ1) is 57.7. The SMILES string of the molecule is CCCCCCCCCC[C@H](O)CN(CCCC[C@H]1NC(=O)[C@@H](CCCCN(C[C@@H](O)CCCCCCCCCC)C[C@H](C)O)NC1=O)C[C@@H](O)CCCCCCCCCC. The van der Waals surface area contributed by atoms with Crippen molar-refractivity contribution in [2.24, 2.45) is 0 Å². The lowest BCUT2D eigenvalue weighted by Crippen LogP contribution is -2.61. The highest BCUT2D eigenvalue weighted by Gasteiger charge is 2.33. The van der Waals surface area contributed by atoms with Crippen molar-refractivity contribution in [1.29, 1.82) is 0 Å². The van der Waals surface area contributed by atoms with E-state index in [0.29, 0.717) is 39.0 Å². The van der Waals surface area contributed by atoms with Crippen LogP contribution < -0.4 is 10.6 Å². The quantitative estimate of drug-likeness (QED) is 0.0332. The van der Waals surface area contributed by atoms with E-state index in [1.165, 1.54) is 116 Å². The Bertz CT molecular complexity index is 976. The van der Waals surface area contributed by atoms with Gasteiger partial charge in [-0.3, -0.25) is 19.4 Å². The standard InChI is InChI=1S/C51H102N4O6/c1-5-8-11-14-17-20-23-26-33-45(57)41-54(40-44(4)56)38-31-29-36-48-50(60)53-49(51(61)52-48)37-30-32-39-55(42-46(58)34-27-24-21-18-15-12-9-6-2)43-47(59)35-28-25-22-19-16-13-10-7-3/h44-49,56-59H,5-43H2,1-4H3,(H,52,61)(H,53,60)/t44-,45-,46-,47-,48+,49+/m0/s1. The molecule has 0 aromatic carbocycles. The summed E-state index contributed by atoms with van der Waals surface area (Å²) in [5, 5.41) is 48.7. The van der Waals surface area contributed by atoms with Gasteiger partial charge in [0.15, 0.2) is 0 Å². The number of unbranched alkanes of at least 4 members (excludes halogenated alkanes) is 23. The first-order valence-corrected chi connectivity index (χ1v) is 26.4. The first-order valence-electron chi connectivity index (χ1n) is 26.4. The predicted octanol–water partition coefficient (Wildman–Crippen LogP) is 9.97. The number of amides is 2. The van der Waals surface area contributed by atoms with Gasteiger partial charge in [-0.2, -0.15) is 0 Å². The zero-order valence-corrected chi connectivity index (χ0v) is 40.5.